The zero-order valence-corrected chi connectivity index (χ0v) is 12.8. The van der Waals surface area contributed by atoms with Crippen molar-refractivity contribution in [3.8, 4) is 11.1 Å². The van der Waals surface area contributed by atoms with Gasteiger partial charge in [0.05, 0.1) is 5.56 Å². The number of hydrogen-bond acceptors (Lipinski definition) is 5. The van der Waals surface area contributed by atoms with Gasteiger partial charge in [-0.2, -0.15) is 0 Å². The highest BCUT2D eigenvalue weighted by Crippen LogP contribution is 2.39. The van der Waals surface area contributed by atoms with Crippen molar-refractivity contribution >= 4 is 15.7 Å². The minimum atomic E-state index is -3.37. The molecule has 0 saturated carbocycles. The quantitative estimate of drug-likeness (QED) is 0.940. The smallest absolute Gasteiger partial charge is 0.175 e. The molecule has 1 aromatic heterocycles. The molecule has 2 N–H and O–H groups in total. The molecule has 0 bridgehead atoms. The summed E-state index contributed by atoms with van der Waals surface area (Å²) in [4.78, 5) is 0. The van der Waals surface area contributed by atoms with E-state index in [1.54, 1.807) is 13.8 Å². The van der Waals surface area contributed by atoms with Gasteiger partial charge in [0.25, 0.3) is 0 Å². The summed E-state index contributed by atoms with van der Waals surface area (Å²) in [5, 5.41) is 3.74. The van der Waals surface area contributed by atoms with E-state index in [1.165, 1.54) is 6.26 Å². The van der Waals surface area contributed by atoms with Gasteiger partial charge in [0.2, 0.25) is 0 Å². The van der Waals surface area contributed by atoms with E-state index >= 15 is 0 Å². The zero-order chi connectivity index (χ0) is 15.1. The summed E-state index contributed by atoms with van der Waals surface area (Å²) in [5.41, 5.74) is 8.26. The highest BCUT2D eigenvalue weighted by atomic mass is 32.2. The van der Waals surface area contributed by atoms with Crippen LogP contribution in [0, 0.1) is 6.92 Å². The van der Waals surface area contributed by atoms with E-state index in [-0.39, 0.29) is 11.6 Å². The van der Waals surface area contributed by atoms with Gasteiger partial charge in [0.15, 0.2) is 21.4 Å². The number of nitrogen functional groups attached to an aromatic ring is 1. The average molecular weight is 294 g/mol. The predicted molar refractivity (Wildman–Crippen MR) is 79.0 cm³/mol. The van der Waals surface area contributed by atoms with Crippen molar-refractivity contribution in [1.82, 2.24) is 5.16 Å². The molecule has 0 saturated heterocycles. The Morgan fingerprint density at radius 1 is 1.30 bits per heavy atom. The standard InChI is InChI=1S/C14H18N2O3S/c1-9-6-5-7-10(8-9)11-12(19-16-13(11)15)14(2,3)20(4,17)18/h5-8H,1-4H3,(H2,15,16). The molecule has 1 aromatic carbocycles. The van der Waals surface area contributed by atoms with Crippen LogP contribution in [0.2, 0.25) is 0 Å². The lowest BCUT2D eigenvalue weighted by atomic mass is 9.98. The molecule has 0 atom stereocenters. The molecule has 0 radical (unpaired) electrons. The zero-order valence-electron chi connectivity index (χ0n) is 12.0. The molecule has 0 aliphatic rings. The number of sulfone groups is 1. The van der Waals surface area contributed by atoms with Crippen molar-refractivity contribution in [2.45, 2.75) is 25.5 Å². The molecule has 20 heavy (non-hydrogen) atoms. The van der Waals surface area contributed by atoms with Crippen LogP contribution in [0.5, 0.6) is 0 Å². The first-order valence-corrected chi connectivity index (χ1v) is 8.06. The molecule has 108 valence electrons. The van der Waals surface area contributed by atoms with E-state index in [1.807, 2.05) is 31.2 Å². The number of hydrogen-bond donors (Lipinski definition) is 1. The number of anilines is 1. The molecule has 5 nitrogen and oxygen atoms in total. The van der Waals surface area contributed by atoms with Gasteiger partial charge in [-0.15, -0.1) is 0 Å². The van der Waals surface area contributed by atoms with E-state index in [2.05, 4.69) is 5.16 Å². The second-order valence-corrected chi connectivity index (χ2v) is 7.99. The first-order chi connectivity index (χ1) is 9.14. The summed E-state index contributed by atoms with van der Waals surface area (Å²) in [6, 6.07) is 7.62. The van der Waals surface area contributed by atoms with Crippen molar-refractivity contribution in [3.63, 3.8) is 0 Å². The molecule has 0 spiro atoms. The van der Waals surface area contributed by atoms with E-state index in [4.69, 9.17) is 10.3 Å². The average Bonchev–Trinajstić information content (AvgIpc) is 2.70. The second-order valence-electron chi connectivity index (χ2n) is 5.42. The third-order valence-electron chi connectivity index (χ3n) is 3.50. The maximum Gasteiger partial charge on any atom is 0.175 e. The third-order valence-corrected chi connectivity index (χ3v) is 5.54. The molecule has 0 amide bonds. The van der Waals surface area contributed by atoms with Gasteiger partial charge < -0.3 is 10.3 Å². The Morgan fingerprint density at radius 3 is 2.50 bits per heavy atom. The topological polar surface area (TPSA) is 86.2 Å². The van der Waals surface area contributed by atoms with E-state index < -0.39 is 14.6 Å². The number of rotatable bonds is 3. The molecule has 0 fully saturated rings. The van der Waals surface area contributed by atoms with Crippen LogP contribution in [0.4, 0.5) is 5.82 Å². The van der Waals surface area contributed by atoms with Gasteiger partial charge in [0.1, 0.15) is 4.75 Å². The summed E-state index contributed by atoms with van der Waals surface area (Å²) in [6.07, 6.45) is 1.17. The van der Waals surface area contributed by atoms with Crippen molar-refractivity contribution in [2.24, 2.45) is 0 Å². The fraction of sp³-hybridized carbons (Fsp3) is 0.357. The van der Waals surface area contributed by atoms with E-state index in [9.17, 15) is 8.42 Å². The number of nitrogens with zero attached hydrogens (tertiary/aromatic N) is 1. The van der Waals surface area contributed by atoms with E-state index in [0.717, 1.165) is 11.1 Å². The van der Waals surface area contributed by atoms with Crippen LogP contribution in [0.1, 0.15) is 25.2 Å². The highest BCUT2D eigenvalue weighted by Gasteiger charge is 2.39. The monoisotopic (exact) mass is 294 g/mol. The Balaban J connectivity index is 2.71. The van der Waals surface area contributed by atoms with Crippen molar-refractivity contribution in [1.29, 1.82) is 0 Å². The summed E-state index contributed by atoms with van der Waals surface area (Å²) in [6.45, 7) is 5.12. The minimum Gasteiger partial charge on any atom is -0.380 e. The van der Waals surface area contributed by atoms with Gasteiger partial charge >= 0.3 is 0 Å². The Kier molecular flexibility index (Phi) is 3.37. The van der Waals surface area contributed by atoms with Crippen LogP contribution in [0.3, 0.4) is 0 Å². The van der Waals surface area contributed by atoms with Crippen LogP contribution in [-0.2, 0) is 14.6 Å². The van der Waals surface area contributed by atoms with Crippen molar-refractivity contribution in [2.75, 3.05) is 12.0 Å². The molecule has 1 heterocycles. The summed E-state index contributed by atoms with van der Waals surface area (Å²) < 4.78 is 28.0. The molecule has 6 heteroatoms. The molecular formula is C14H18N2O3S. The highest BCUT2D eigenvalue weighted by molar-refractivity contribution is 7.91. The van der Waals surface area contributed by atoms with Crippen molar-refractivity contribution in [3.05, 3.63) is 35.6 Å². The maximum atomic E-state index is 12.0. The van der Waals surface area contributed by atoms with Gasteiger partial charge in [-0.3, -0.25) is 0 Å². The lowest BCUT2D eigenvalue weighted by Gasteiger charge is -2.20. The lowest BCUT2D eigenvalue weighted by molar-refractivity contribution is 0.357. The number of nitrogens with two attached hydrogens (primary N) is 1. The first-order valence-electron chi connectivity index (χ1n) is 6.17. The number of aromatic nitrogens is 1. The van der Waals surface area contributed by atoms with Gasteiger partial charge in [0, 0.05) is 6.26 Å². The number of benzene rings is 1. The summed E-state index contributed by atoms with van der Waals surface area (Å²) >= 11 is 0. The molecule has 0 aliphatic heterocycles. The van der Waals surface area contributed by atoms with Gasteiger partial charge in [-0.1, -0.05) is 35.0 Å². The second kappa shape index (κ2) is 4.63. The fourth-order valence-electron chi connectivity index (χ4n) is 1.96. The van der Waals surface area contributed by atoms with E-state index in [0.29, 0.717) is 5.56 Å². The summed E-state index contributed by atoms with van der Waals surface area (Å²) in [5.74, 6) is 0.463. The predicted octanol–water partition coefficient (Wildman–Crippen LogP) is 2.51. The van der Waals surface area contributed by atoms with Gasteiger partial charge in [-0.25, -0.2) is 8.42 Å². The maximum absolute atomic E-state index is 12.0. The molecule has 2 rings (SSSR count). The fourth-order valence-corrected chi connectivity index (χ4v) is 2.44. The van der Waals surface area contributed by atoms with Crippen LogP contribution in [0.15, 0.2) is 28.8 Å². The Bertz CT molecular complexity index is 746. The summed E-state index contributed by atoms with van der Waals surface area (Å²) in [7, 11) is -3.37. The Morgan fingerprint density at radius 2 is 1.95 bits per heavy atom. The first kappa shape index (κ1) is 14.6. The lowest BCUT2D eigenvalue weighted by Crippen LogP contribution is -2.28. The minimum absolute atomic E-state index is 0.197. The van der Waals surface area contributed by atoms with Crippen LogP contribution in [-0.4, -0.2) is 19.8 Å². The normalized spacial score (nSPS) is 12.6. The number of aryl methyl sites for hydroxylation is 1. The van der Waals surface area contributed by atoms with Crippen LogP contribution in [0.25, 0.3) is 11.1 Å². The molecular weight excluding hydrogens is 276 g/mol. The molecule has 2 aromatic rings. The van der Waals surface area contributed by atoms with Crippen molar-refractivity contribution < 1.29 is 12.9 Å². The van der Waals surface area contributed by atoms with Gasteiger partial charge in [-0.05, 0) is 26.3 Å². The molecule has 0 unspecified atom stereocenters. The Hall–Kier alpha value is -1.82. The Labute approximate surface area is 118 Å². The largest absolute Gasteiger partial charge is 0.380 e. The van der Waals surface area contributed by atoms with Crippen LogP contribution < -0.4 is 5.73 Å². The molecule has 0 aliphatic carbocycles. The van der Waals surface area contributed by atoms with Crippen LogP contribution >= 0.6 is 0 Å². The SMILES string of the molecule is Cc1cccc(-c2c(N)noc2C(C)(C)S(C)(=O)=O)c1. The third kappa shape index (κ3) is 2.31.